The number of nitrogens with one attached hydrogen (secondary N) is 1. The lowest BCUT2D eigenvalue weighted by atomic mass is 10.2. The van der Waals surface area contributed by atoms with E-state index in [2.05, 4.69) is 11.3 Å². The fourth-order valence-electron chi connectivity index (χ4n) is 2.01. The van der Waals surface area contributed by atoms with E-state index in [1.165, 1.54) is 12.1 Å². The first-order valence-electron chi connectivity index (χ1n) is 7.23. The van der Waals surface area contributed by atoms with Crippen molar-refractivity contribution in [2.24, 2.45) is 0 Å². The molecule has 1 amide bonds. The maximum Gasteiger partial charge on any atom is 0.254 e. The van der Waals surface area contributed by atoms with Crippen molar-refractivity contribution in [3.8, 4) is 0 Å². The Morgan fingerprint density at radius 2 is 2.00 bits per heavy atom. The summed E-state index contributed by atoms with van der Waals surface area (Å²) in [5.74, 6) is -0.202. The Morgan fingerprint density at radius 1 is 1.36 bits per heavy atom. The average Bonchev–Trinajstić information content (AvgIpc) is 2.42. The highest BCUT2D eigenvalue weighted by molar-refractivity contribution is 7.89. The molecule has 0 heterocycles. The van der Waals surface area contributed by atoms with Gasteiger partial charge in [-0.15, -0.1) is 0 Å². The first kappa shape index (κ1) is 18.4. The van der Waals surface area contributed by atoms with Crippen LogP contribution in [0.25, 0.3) is 0 Å². The average molecular weight is 324 g/mol. The molecule has 0 aromatic heterocycles. The van der Waals surface area contributed by atoms with Crippen LogP contribution in [-0.2, 0) is 10.0 Å². The molecule has 0 bridgehead atoms. The number of hydrogen-bond donors (Lipinski definition) is 1. The van der Waals surface area contributed by atoms with Crippen LogP contribution in [0.15, 0.2) is 41.3 Å². The number of carbonyl (C=O) groups excluding carboxylic acids is 1. The van der Waals surface area contributed by atoms with Crippen molar-refractivity contribution in [1.29, 1.82) is 0 Å². The minimum absolute atomic E-state index is 0.0958. The molecule has 0 radical (unpaired) electrons. The molecule has 0 aliphatic heterocycles. The topological polar surface area (TPSA) is 66.5 Å². The molecule has 1 N–H and O–H groups in total. The molecule has 0 spiro atoms. The quantitative estimate of drug-likeness (QED) is 0.783. The van der Waals surface area contributed by atoms with Gasteiger partial charge in [0.15, 0.2) is 0 Å². The highest BCUT2D eigenvalue weighted by Crippen LogP contribution is 2.14. The number of amides is 1. The molecule has 0 unspecified atom stereocenters. The van der Waals surface area contributed by atoms with Crippen LogP contribution in [0.2, 0.25) is 0 Å². The lowest BCUT2D eigenvalue weighted by molar-refractivity contribution is 0.0778. The molecule has 6 heteroatoms. The van der Waals surface area contributed by atoms with Gasteiger partial charge < -0.3 is 4.90 Å². The first-order chi connectivity index (χ1) is 10.2. The monoisotopic (exact) mass is 324 g/mol. The van der Waals surface area contributed by atoms with Crippen molar-refractivity contribution in [1.82, 2.24) is 9.62 Å². The maximum absolute atomic E-state index is 12.5. The highest BCUT2D eigenvalue weighted by Gasteiger charge is 2.19. The van der Waals surface area contributed by atoms with Crippen LogP contribution in [0.1, 0.15) is 38.1 Å². The fraction of sp³-hybridized carbons (Fsp3) is 0.438. The molecule has 1 aromatic rings. The summed E-state index contributed by atoms with van der Waals surface area (Å²) in [5.41, 5.74) is 1.23. The zero-order valence-electron chi connectivity index (χ0n) is 13.6. The molecular weight excluding hydrogens is 300 g/mol. The predicted molar refractivity (Wildman–Crippen MR) is 88.3 cm³/mol. The molecule has 0 fully saturated rings. The number of nitrogens with zero attached hydrogens (tertiary/aromatic N) is 1. The number of benzene rings is 1. The van der Waals surface area contributed by atoms with Crippen LogP contribution in [0.3, 0.4) is 0 Å². The highest BCUT2D eigenvalue weighted by atomic mass is 32.2. The third kappa shape index (κ3) is 4.96. The van der Waals surface area contributed by atoms with Crippen LogP contribution in [-0.4, -0.2) is 38.4 Å². The van der Waals surface area contributed by atoms with E-state index < -0.39 is 10.0 Å². The predicted octanol–water partition coefficient (Wildman–Crippen LogP) is 2.41. The third-order valence-corrected chi connectivity index (χ3v) is 4.57. The van der Waals surface area contributed by atoms with Crippen molar-refractivity contribution in [2.45, 2.75) is 38.6 Å². The largest absolute Gasteiger partial charge is 0.335 e. The van der Waals surface area contributed by atoms with E-state index in [4.69, 9.17) is 0 Å². The molecule has 1 rings (SSSR count). The summed E-state index contributed by atoms with van der Waals surface area (Å²) < 4.78 is 26.9. The first-order valence-corrected chi connectivity index (χ1v) is 8.71. The standard InChI is InChI=1S/C16H24N2O3S/c1-6-18(11-12(2)3)16(19)14-8-7-9-15(10-14)22(20,21)17-13(4)5/h7-10,13,17H,2,6,11H2,1,3-5H3. The van der Waals surface area contributed by atoms with Gasteiger partial charge in [-0.25, -0.2) is 13.1 Å². The van der Waals surface area contributed by atoms with Gasteiger partial charge in [0.05, 0.1) is 4.90 Å². The maximum atomic E-state index is 12.5. The van der Waals surface area contributed by atoms with Crippen molar-refractivity contribution in [3.05, 3.63) is 42.0 Å². The number of carbonyl (C=O) groups is 1. The molecule has 0 saturated carbocycles. The number of sulfonamides is 1. The van der Waals surface area contributed by atoms with E-state index in [1.54, 1.807) is 30.9 Å². The Balaban J connectivity index is 3.10. The lowest BCUT2D eigenvalue weighted by Crippen LogP contribution is -2.33. The molecule has 5 nitrogen and oxygen atoms in total. The SMILES string of the molecule is C=C(C)CN(CC)C(=O)c1cccc(S(=O)(=O)NC(C)C)c1. The molecular formula is C16H24N2O3S. The smallest absolute Gasteiger partial charge is 0.254 e. The molecule has 122 valence electrons. The number of rotatable bonds is 7. The normalized spacial score (nSPS) is 11.5. The van der Waals surface area contributed by atoms with E-state index in [9.17, 15) is 13.2 Å². The summed E-state index contributed by atoms with van der Waals surface area (Å²) in [5, 5.41) is 0. The number of likely N-dealkylation sites (N-methyl/N-ethyl adjacent to an activating group) is 1. The molecule has 0 saturated heterocycles. The van der Waals surface area contributed by atoms with Crippen molar-refractivity contribution >= 4 is 15.9 Å². The van der Waals surface area contributed by atoms with Crippen LogP contribution in [0, 0.1) is 0 Å². The minimum atomic E-state index is -3.61. The van der Waals surface area contributed by atoms with E-state index >= 15 is 0 Å². The summed E-state index contributed by atoms with van der Waals surface area (Å²) in [7, 11) is -3.61. The second-order valence-electron chi connectivity index (χ2n) is 5.58. The Morgan fingerprint density at radius 3 is 2.50 bits per heavy atom. The Hall–Kier alpha value is -1.66. The second-order valence-corrected chi connectivity index (χ2v) is 7.29. The summed E-state index contributed by atoms with van der Waals surface area (Å²) >= 11 is 0. The van der Waals surface area contributed by atoms with Crippen LogP contribution < -0.4 is 4.72 Å². The van der Waals surface area contributed by atoms with Gasteiger partial charge in [-0.1, -0.05) is 18.2 Å². The summed E-state index contributed by atoms with van der Waals surface area (Å²) in [6.07, 6.45) is 0. The van der Waals surface area contributed by atoms with Gasteiger partial charge in [0.2, 0.25) is 10.0 Å². The van der Waals surface area contributed by atoms with E-state index in [-0.39, 0.29) is 16.8 Å². The van der Waals surface area contributed by atoms with Gasteiger partial charge in [0.25, 0.3) is 5.91 Å². The zero-order chi connectivity index (χ0) is 16.9. The molecule has 0 aliphatic carbocycles. The fourth-order valence-corrected chi connectivity index (χ4v) is 3.31. The van der Waals surface area contributed by atoms with Crippen molar-refractivity contribution < 1.29 is 13.2 Å². The van der Waals surface area contributed by atoms with Gasteiger partial charge in [0.1, 0.15) is 0 Å². The van der Waals surface area contributed by atoms with Crippen molar-refractivity contribution in [2.75, 3.05) is 13.1 Å². The van der Waals surface area contributed by atoms with Crippen LogP contribution in [0.4, 0.5) is 0 Å². The molecule has 0 atom stereocenters. The van der Waals surface area contributed by atoms with E-state index in [0.717, 1.165) is 5.57 Å². The zero-order valence-corrected chi connectivity index (χ0v) is 14.4. The van der Waals surface area contributed by atoms with Gasteiger partial charge in [-0.05, 0) is 45.9 Å². The Labute approximate surface area is 133 Å². The lowest BCUT2D eigenvalue weighted by Gasteiger charge is -2.21. The van der Waals surface area contributed by atoms with E-state index in [1.807, 2.05) is 13.8 Å². The number of hydrogen-bond acceptors (Lipinski definition) is 3. The molecule has 22 heavy (non-hydrogen) atoms. The van der Waals surface area contributed by atoms with Gasteiger partial charge >= 0.3 is 0 Å². The summed E-state index contributed by atoms with van der Waals surface area (Å²) in [4.78, 5) is 14.2. The van der Waals surface area contributed by atoms with Gasteiger partial charge in [-0.3, -0.25) is 4.79 Å². The van der Waals surface area contributed by atoms with Gasteiger partial charge in [-0.2, -0.15) is 0 Å². The Bertz CT molecular complexity index is 651. The molecule has 0 aliphatic rings. The third-order valence-electron chi connectivity index (χ3n) is 2.91. The Kier molecular flexibility index (Phi) is 6.32. The molecule has 1 aromatic carbocycles. The summed E-state index contributed by atoms with van der Waals surface area (Å²) in [6.45, 7) is 12.0. The van der Waals surface area contributed by atoms with Gasteiger partial charge in [0, 0.05) is 24.7 Å². The van der Waals surface area contributed by atoms with Crippen LogP contribution >= 0.6 is 0 Å². The summed E-state index contributed by atoms with van der Waals surface area (Å²) in [6, 6.07) is 5.89. The second kappa shape index (κ2) is 7.56. The van der Waals surface area contributed by atoms with Crippen molar-refractivity contribution in [3.63, 3.8) is 0 Å². The van der Waals surface area contributed by atoms with Crippen LogP contribution in [0.5, 0.6) is 0 Å². The minimum Gasteiger partial charge on any atom is -0.335 e. The van der Waals surface area contributed by atoms with E-state index in [0.29, 0.717) is 18.7 Å².